The highest BCUT2D eigenvalue weighted by Crippen LogP contribution is 2.48. The molecule has 0 heterocycles. The standard InChI is InChI=1S/C14H22O/c1-13(2,3)15-12-9-8-11-7-5-6-10-14(11,12)4/h5,7-8,12H,6,9-10H2,1-4H3/t12-,14-/m0/s1. The molecule has 0 aliphatic heterocycles. The Morgan fingerprint density at radius 2 is 2.13 bits per heavy atom. The summed E-state index contributed by atoms with van der Waals surface area (Å²) in [7, 11) is 0. The third-order valence-corrected chi connectivity index (χ3v) is 3.55. The maximum absolute atomic E-state index is 6.19. The third-order valence-electron chi connectivity index (χ3n) is 3.55. The summed E-state index contributed by atoms with van der Waals surface area (Å²) < 4.78 is 6.19. The number of allylic oxidation sites excluding steroid dienone is 2. The smallest absolute Gasteiger partial charge is 0.0710 e. The molecule has 0 radical (unpaired) electrons. The summed E-state index contributed by atoms with van der Waals surface area (Å²) in [6.45, 7) is 8.79. The van der Waals surface area contributed by atoms with Crippen molar-refractivity contribution in [2.45, 2.75) is 58.7 Å². The first-order chi connectivity index (χ1) is 6.92. The van der Waals surface area contributed by atoms with Gasteiger partial charge in [0.25, 0.3) is 0 Å². The minimum atomic E-state index is -0.0296. The van der Waals surface area contributed by atoms with Gasteiger partial charge >= 0.3 is 0 Å². The Morgan fingerprint density at radius 3 is 2.80 bits per heavy atom. The average Bonchev–Trinajstić information content (AvgIpc) is 2.41. The highest BCUT2D eigenvalue weighted by Gasteiger charge is 2.43. The summed E-state index contributed by atoms with van der Waals surface area (Å²) in [5.74, 6) is 0. The summed E-state index contributed by atoms with van der Waals surface area (Å²) in [5, 5.41) is 0. The number of hydrogen-bond acceptors (Lipinski definition) is 1. The molecule has 0 aromatic heterocycles. The van der Waals surface area contributed by atoms with Crippen LogP contribution in [0.3, 0.4) is 0 Å². The van der Waals surface area contributed by atoms with E-state index in [1.165, 1.54) is 18.4 Å². The Balaban J connectivity index is 2.16. The number of rotatable bonds is 1. The molecule has 0 amide bonds. The van der Waals surface area contributed by atoms with Gasteiger partial charge in [-0.2, -0.15) is 0 Å². The van der Waals surface area contributed by atoms with Gasteiger partial charge in [0.1, 0.15) is 0 Å². The fourth-order valence-corrected chi connectivity index (χ4v) is 2.68. The molecule has 0 spiro atoms. The van der Waals surface area contributed by atoms with E-state index < -0.39 is 0 Å². The second kappa shape index (κ2) is 3.48. The van der Waals surface area contributed by atoms with E-state index in [9.17, 15) is 0 Å². The van der Waals surface area contributed by atoms with Gasteiger partial charge in [-0.25, -0.2) is 0 Å². The molecule has 2 atom stereocenters. The van der Waals surface area contributed by atoms with Crippen molar-refractivity contribution < 1.29 is 4.74 Å². The topological polar surface area (TPSA) is 9.23 Å². The molecule has 1 nitrogen and oxygen atoms in total. The third kappa shape index (κ3) is 2.03. The zero-order valence-corrected chi connectivity index (χ0v) is 10.3. The van der Waals surface area contributed by atoms with Gasteiger partial charge in [0, 0.05) is 5.41 Å². The minimum Gasteiger partial charge on any atom is -0.371 e. The van der Waals surface area contributed by atoms with Gasteiger partial charge in [-0.15, -0.1) is 0 Å². The van der Waals surface area contributed by atoms with Gasteiger partial charge in [-0.05, 0) is 45.6 Å². The Labute approximate surface area is 93.2 Å². The number of fused-ring (bicyclic) bond motifs is 1. The molecule has 0 bridgehead atoms. The van der Waals surface area contributed by atoms with E-state index in [1.807, 2.05) is 0 Å². The van der Waals surface area contributed by atoms with Gasteiger partial charge < -0.3 is 4.74 Å². The Morgan fingerprint density at radius 1 is 1.40 bits per heavy atom. The van der Waals surface area contributed by atoms with Crippen LogP contribution in [0.5, 0.6) is 0 Å². The number of hydrogen-bond donors (Lipinski definition) is 0. The van der Waals surface area contributed by atoms with E-state index >= 15 is 0 Å². The van der Waals surface area contributed by atoms with Crippen molar-refractivity contribution in [3.63, 3.8) is 0 Å². The van der Waals surface area contributed by atoms with Crippen molar-refractivity contribution in [3.8, 4) is 0 Å². The monoisotopic (exact) mass is 206 g/mol. The normalized spacial score (nSPS) is 35.2. The van der Waals surface area contributed by atoms with Crippen LogP contribution in [0.1, 0.15) is 47.0 Å². The lowest BCUT2D eigenvalue weighted by Gasteiger charge is -2.39. The van der Waals surface area contributed by atoms with Crippen LogP contribution in [0.2, 0.25) is 0 Å². The first-order valence-corrected chi connectivity index (χ1v) is 5.97. The van der Waals surface area contributed by atoms with E-state index in [2.05, 4.69) is 45.9 Å². The molecule has 0 N–H and O–H groups in total. The second-order valence-electron chi connectivity index (χ2n) is 5.97. The minimum absolute atomic E-state index is 0.0296. The highest BCUT2D eigenvalue weighted by molar-refractivity contribution is 5.35. The van der Waals surface area contributed by atoms with Crippen molar-refractivity contribution in [2.24, 2.45) is 5.41 Å². The maximum Gasteiger partial charge on any atom is 0.0710 e. The summed E-state index contributed by atoms with van der Waals surface area (Å²) in [6, 6.07) is 0. The maximum atomic E-state index is 6.19. The SMILES string of the molecule is CC(C)(C)O[C@H]1CC=C2C=CCC[C@@]21C. The van der Waals surface area contributed by atoms with E-state index in [4.69, 9.17) is 4.74 Å². The van der Waals surface area contributed by atoms with Crippen LogP contribution in [0.25, 0.3) is 0 Å². The van der Waals surface area contributed by atoms with Gasteiger partial charge in [-0.3, -0.25) is 0 Å². The fourth-order valence-electron chi connectivity index (χ4n) is 2.68. The molecule has 2 aliphatic rings. The van der Waals surface area contributed by atoms with Crippen molar-refractivity contribution >= 4 is 0 Å². The first-order valence-electron chi connectivity index (χ1n) is 5.97. The fraction of sp³-hybridized carbons (Fsp3) is 0.714. The molecular formula is C14H22O. The van der Waals surface area contributed by atoms with E-state index in [0.717, 1.165) is 6.42 Å². The van der Waals surface area contributed by atoms with Crippen LogP contribution in [0, 0.1) is 5.41 Å². The van der Waals surface area contributed by atoms with Crippen molar-refractivity contribution in [3.05, 3.63) is 23.8 Å². The van der Waals surface area contributed by atoms with Crippen molar-refractivity contribution in [1.29, 1.82) is 0 Å². The summed E-state index contributed by atoms with van der Waals surface area (Å²) >= 11 is 0. The van der Waals surface area contributed by atoms with E-state index in [0.29, 0.717) is 6.10 Å². The molecule has 1 heteroatoms. The van der Waals surface area contributed by atoms with Crippen molar-refractivity contribution in [2.75, 3.05) is 0 Å². The van der Waals surface area contributed by atoms with Gasteiger partial charge in [-0.1, -0.05) is 25.2 Å². The zero-order valence-electron chi connectivity index (χ0n) is 10.3. The van der Waals surface area contributed by atoms with Gasteiger partial charge in [0.15, 0.2) is 0 Å². The highest BCUT2D eigenvalue weighted by atomic mass is 16.5. The lowest BCUT2D eigenvalue weighted by atomic mass is 9.74. The zero-order chi connectivity index (χ0) is 11.1. The van der Waals surface area contributed by atoms with E-state index in [-0.39, 0.29) is 11.0 Å². The molecule has 0 saturated carbocycles. The molecular weight excluding hydrogens is 184 g/mol. The Kier molecular flexibility index (Phi) is 2.54. The Bertz CT molecular complexity index is 306. The summed E-state index contributed by atoms with van der Waals surface area (Å²) in [4.78, 5) is 0. The van der Waals surface area contributed by atoms with Crippen LogP contribution in [-0.4, -0.2) is 11.7 Å². The van der Waals surface area contributed by atoms with Gasteiger partial charge in [0.2, 0.25) is 0 Å². The molecule has 0 saturated heterocycles. The van der Waals surface area contributed by atoms with Crippen molar-refractivity contribution in [1.82, 2.24) is 0 Å². The van der Waals surface area contributed by atoms with Crippen LogP contribution >= 0.6 is 0 Å². The molecule has 0 aromatic rings. The largest absolute Gasteiger partial charge is 0.371 e. The second-order valence-corrected chi connectivity index (χ2v) is 5.97. The number of ether oxygens (including phenoxy) is 1. The molecule has 15 heavy (non-hydrogen) atoms. The molecule has 0 fully saturated rings. The molecule has 2 rings (SSSR count). The first kappa shape index (κ1) is 10.9. The average molecular weight is 206 g/mol. The van der Waals surface area contributed by atoms with Gasteiger partial charge in [0.05, 0.1) is 11.7 Å². The van der Waals surface area contributed by atoms with Crippen LogP contribution in [-0.2, 0) is 4.74 Å². The molecule has 0 unspecified atom stereocenters. The van der Waals surface area contributed by atoms with E-state index in [1.54, 1.807) is 0 Å². The van der Waals surface area contributed by atoms with Crippen LogP contribution < -0.4 is 0 Å². The molecule has 84 valence electrons. The summed E-state index contributed by atoms with van der Waals surface area (Å²) in [6.07, 6.45) is 10.8. The molecule has 0 aromatic carbocycles. The Hall–Kier alpha value is -0.560. The quantitative estimate of drug-likeness (QED) is 0.633. The summed E-state index contributed by atoms with van der Waals surface area (Å²) in [5.41, 5.74) is 1.73. The predicted molar refractivity (Wildman–Crippen MR) is 63.8 cm³/mol. The van der Waals surface area contributed by atoms with Crippen LogP contribution in [0.4, 0.5) is 0 Å². The van der Waals surface area contributed by atoms with Crippen LogP contribution in [0.15, 0.2) is 23.8 Å². The molecule has 2 aliphatic carbocycles. The predicted octanol–water partition coefficient (Wildman–Crippen LogP) is 3.86. The lowest BCUT2D eigenvalue weighted by molar-refractivity contribution is -0.0974. The lowest BCUT2D eigenvalue weighted by Crippen LogP contribution is -2.38.